The van der Waals surface area contributed by atoms with Crippen LogP contribution in [0.5, 0.6) is 11.5 Å². The molecule has 176 valence electrons. The maximum Gasteiger partial charge on any atom is 0.260 e. The maximum absolute atomic E-state index is 13.7. The third-order valence-corrected chi connectivity index (χ3v) is 6.93. The number of hydrogen-bond acceptors (Lipinski definition) is 7. The van der Waals surface area contributed by atoms with Crippen LogP contribution in [-0.4, -0.2) is 69.4 Å². The molecule has 1 amide bonds. The second kappa shape index (κ2) is 11.0. The van der Waals surface area contributed by atoms with Crippen LogP contribution < -0.4 is 14.4 Å². The molecule has 0 saturated carbocycles. The fourth-order valence-corrected chi connectivity index (χ4v) is 4.99. The lowest BCUT2D eigenvalue weighted by Gasteiger charge is -2.27. The van der Waals surface area contributed by atoms with Crippen LogP contribution in [-0.2, 0) is 11.2 Å². The van der Waals surface area contributed by atoms with Crippen molar-refractivity contribution in [1.82, 2.24) is 9.88 Å². The van der Waals surface area contributed by atoms with E-state index in [2.05, 4.69) is 24.0 Å². The maximum atomic E-state index is 13.7. The molecule has 0 spiro atoms. The van der Waals surface area contributed by atoms with Gasteiger partial charge in [0.25, 0.3) is 5.91 Å². The van der Waals surface area contributed by atoms with Crippen LogP contribution in [0.4, 0.5) is 5.13 Å². The van der Waals surface area contributed by atoms with Crippen molar-refractivity contribution < 1.29 is 19.0 Å². The summed E-state index contributed by atoms with van der Waals surface area (Å²) in [7, 11) is 3.17. The summed E-state index contributed by atoms with van der Waals surface area (Å²) < 4.78 is 17.3. The number of fused-ring (bicyclic) bond motifs is 1. The molecule has 8 heteroatoms. The molecule has 1 aromatic heterocycles. The summed E-state index contributed by atoms with van der Waals surface area (Å²) in [5.74, 6) is 1.06. The molecule has 7 nitrogen and oxygen atoms in total. The van der Waals surface area contributed by atoms with Crippen LogP contribution in [0.3, 0.4) is 0 Å². The molecule has 3 aromatic rings. The standard InChI is InChI=1S/C25H31N3O4S/c1-4-18-6-7-22-23(14-18)33-25(26-22)28(9-5-8-27-10-12-32-13-11-27)24(29)19-15-20(30-2)17-21(16-19)31-3/h6-7,14-17H,4-5,8-13H2,1-3H3. The summed E-state index contributed by atoms with van der Waals surface area (Å²) in [6, 6.07) is 11.6. The van der Waals surface area contributed by atoms with E-state index in [4.69, 9.17) is 19.2 Å². The van der Waals surface area contributed by atoms with Crippen LogP contribution in [0, 0.1) is 0 Å². The quantitative estimate of drug-likeness (QED) is 0.467. The predicted molar refractivity (Wildman–Crippen MR) is 132 cm³/mol. The zero-order valence-corrected chi connectivity index (χ0v) is 20.3. The molecular weight excluding hydrogens is 438 g/mol. The summed E-state index contributed by atoms with van der Waals surface area (Å²) >= 11 is 1.56. The van der Waals surface area contributed by atoms with Gasteiger partial charge in [0.1, 0.15) is 11.5 Å². The molecule has 0 bridgehead atoms. The zero-order chi connectivity index (χ0) is 23.2. The summed E-state index contributed by atoms with van der Waals surface area (Å²) in [4.78, 5) is 22.7. The number of ether oxygens (including phenoxy) is 3. The van der Waals surface area contributed by atoms with Crippen LogP contribution in [0.1, 0.15) is 29.3 Å². The Hall–Kier alpha value is -2.68. The van der Waals surface area contributed by atoms with Gasteiger partial charge in [0.05, 0.1) is 37.6 Å². The highest BCUT2D eigenvalue weighted by Gasteiger charge is 2.23. The summed E-state index contributed by atoms with van der Waals surface area (Å²) in [6.07, 6.45) is 1.82. The van der Waals surface area contributed by atoms with E-state index < -0.39 is 0 Å². The third-order valence-electron chi connectivity index (χ3n) is 5.88. The van der Waals surface area contributed by atoms with Crippen molar-refractivity contribution in [3.8, 4) is 11.5 Å². The van der Waals surface area contributed by atoms with Crippen LogP contribution >= 0.6 is 11.3 Å². The Balaban J connectivity index is 1.62. The topological polar surface area (TPSA) is 64.1 Å². The van der Waals surface area contributed by atoms with Gasteiger partial charge in [-0.15, -0.1) is 0 Å². The molecule has 0 N–H and O–H groups in total. The molecule has 0 atom stereocenters. The van der Waals surface area contributed by atoms with Gasteiger partial charge in [-0.05, 0) is 42.7 Å². The first kappa shape index (κ1) is 23.5. The lowest BCUT2D eigenvalue weighted by atomic mass is 10.1. The Bertz CT molecular complexity index is 1070. The van der Waals surface area contributed by atoms with Crippen molar-refractivity contribution in [3.05, 3.63) is 47.5 Å². The van der Waals surface area contributed by atoms with E-state index in [0.717, 1.165) is 55.9 Å². The summed E-state index contributed by atoms with van der Waals surface area (Å²) in [5, 5.41) is 0.715. The van der Waals surface area contributed by atoms with Crippen molar-refractivity contribution in [1.29, 1.82) is 0 Å². The van der Waals surface area contributed by atoms with E-state index in [1.54, 1.807) is 48.7 Å². The van der Waals surface area contributed by atoms with Gasteiger partial charge in [0.2, 0.25) is 0 Å². The van der Waals surface area contributed by atoms with E-state index in [9.17, 15) is 4.79 Å². The molecular formula is C25H31N3O4S. The van der Waals surface area contributed by atoms with E-state index in [0.29, 0.717) is 28.7 Å². The molecule has 1 fully saturated rings. The SMILES string of the molecule is CCc1ccc2nc(N(CCCN3CCOCC3)C(=O)c3cc(OC)cc(OC)c3)sc2c1. The zero-order valence-electron chi connectivity index (χ0n) is 19.5. The van der Waals surface area contributed by atoms with Crippen LogP contribution in [0.15, 0.2) is 36.4 Å². The molecule has 2 aromatic carbocycles. The first-order valence-electron chi connectivity index (χ1n) is 11.4. The number of carbonyl (C=O) groups is 1. The van der Waals surface area contributed by atoms with Gasteiger partial charge in [-0.1, -0.05) is 24.3 Å². The number of methoxy groups -OCH3 is 2. The van der Waals surface area contributed by atoms with E-state index >= 15 is 0 Å². The summed E-state index contributed by atoms with van der Waals surface area (Å²) in [6.45, 7) is 7.04. The Kier molecular flexibility index (Phi) is 7.80. The molecule has 0 aliphatic carbocycles. The number of amides is 1. The predicted octanol–water partition coefficient (Wildman–Crippen LogP) is 4.25. The minimum Gasteiger partial charge on any atom is -0.497 e. The van der Waals surface area contributed by atoms with Gasteiger partial charge in [-0.3, -0.25) is 14.6 Å². The number of aromatic nitrogens is 1. The number of nitrogens with zero attached hydrogens (tertiary/aromatic N) is 3. The van der Waals surface area contributed by atoms with Crippen molar-refractivity contribution in [3.63, 3.8) is 0 Å². The first-order chi connectivity index (χ1) is 16.1. The van der Waals surface area contributed by atoms with Crippen molar-refractivity contribution >= 4 is 32.6 Å². The van der Waals surface area contributed by atoms with Gasteiger partial charge in [-0.25, -0.2) is 4.98 Å². The lowest BCUT2D eigenvalue weighted by Crippen LogP contribution is -2.39. The van der Waals surface area contributed by atoms with Gasteiger partial charge in [0, 0.05) is 37.8 Å². The highest BCUT2D eigenvalue weighted by Crippen LogP contribution is 2.32. The van der Waals surface area contributed by atoms with E-state index in [-0.39, 0.29) is 5.91 Å². The van der Waals surface area contributed by atoms with Gasteiger partial charge in [0.15, 0.2) is 5.13 Å². The highest BCUT2D eigenvalue weighted by molar-refractivity contribution is 7.22. The normalized spacial score (nSPS) is 14.4. The molecule has 4 rings (SSSR count). The summed E-state index contributed by atoms with van der Waals surface area (Å²) in [5.41, 5.74) is 2.70. The molecule has 2 heterocycles. The smallest absolute Gasteiger partial charge is 0.260 e. The number of rotatable bonds is 9. The fraction of sp³-hybridized carbons (Fsp3) is 0.440. The van der Waals surface area contributed by atoms with Crippen LogP contribution in [0.25, 0.3) is 10.2 Å². The number of thiazole rings is 1. The van der Waals surface area contributed by atoms with E-state index in [1.807, 2.05) is 6.07 Å². The number of carbonyl (C=O) groups excluding carboxylic acids is 1. The fourth-order valence-electron chi connectivity index (χ4n) is 3.94. The highest BCUT2D eigenvalue weighted by atomic mass is 32.1. The third kappa shape index (κ3) is 5.63. The number of hydrogen-bond donors (Lipinski definition) is 0. The van der Waals surface area contributed by atoms with Gasteiger partial charge >= 0.3 is 0 Å². The van der Waals surface area contributed by atoms with Crippen molar-refractivity contribution in [2.75, 3.05) is 58.5 Å². The average Bonchev–Trinajstić information content (AvgIpc) is 3.29. The van der Waals surface area contributed by atoms with Gasteiger partial charge in [-0.2, -0.15) is 0 Å². The molecule has 1 saturated heterocycles. The minimum atomic E-state index is -0.107. The van der Waals surface area contributed by atoms with E-state index in [1.165, 1.54) is 5.56 Å². The number of benzene rings is 2. The molecule has 0 radical (unpaired) electrons. The monoisotopic (exact) mass is 469 g/mol. The van der Waals surface area contributed by atoms with Crippen molar-refractivity contribution in [2.45, 2.75) is 19.8 Å². The Morgan fingerprint density at radius 1 is 1.12 bits per heavy atom. The Labute approximate surface area is 198 Å². The van der Waals surface area contributed by atoms with Crippen LogP contribution in [0.2, 0.25) is 0 Å². The largest absolute Gasteiger partial charge is 0.497 e. The number of aryl methyl sites for hydroxylation is 1. The van der Waals surface area contributed by atoms with Crippen molar-refractivity contribution in [2.24, 2.45) is 0 Å². The second-order valence-electron chi connectivity index (χ2n) is 8.02. The Morgan fingerprint density at radius 3 is 2.52 bits per heavy atom. The first-order valence-corrected chi connectivity index (χ1v) is 12.2. The number of anilines is 1. The minimum absolute atomic E-state index is 0.107. The average molecular weight is 470 g/mol. The second-order valence-corrected chi connectivity index (χ2v) is 9.03. The lowest BCUT2D eigenvalue weighted by molar-refractivity contribution is 0.0376. The Morgan fingerprint density at radius 2 is 1.85 bits per heavy atom. The molecule has 1 aliphatic rings. The number of morpholine rings is 1. The van der Waals surface area contributed by atoms with Gasteiger partial charge < -0.3 is 14.2 Å². The molecule has 0 unspecified atom stereocenters. The molecule has 1 aliphatic heterocycles. The molecule has 33 heavy (non-hydrogen) atoms.